The van der Waals surface area contributed by atoms with Crippen LogP contribution in [0.3, 0.4) is 0 Å². The number of nitrogens with zero attached hydrogens (tertiary/aromatic N) is 1. The van der Waals surface area contributed by atoms with Crippen molar-refractivity contribution in [2.75, 3.05) is 13.6 Å². The van der Waals surface area contributed by atoms with Crippen LogP contribution in [0.2, 0.25) is 0 Å². The van der Waals surface area contributed by atoms with Crippen molar-refractivity contribution in [2.24, 2.45) is 0 Å². The molecule has 1 atom stereocenters. The molecule has 1 N–H and O–H groups in total. The van der Waals surface area contributed by atoms with Gasteiger partial charge in [0.1, 0.15) is 11.9 Å². The molecule has 0 aliphatic rings. The van der Waals surface area contributed by atoms with Crippen molar-refractivity contribution in [1.82, 2.24) is 5.32 Å². The molecule has 1 unspecified atom stereocenters. The molecule has 0 fully saturated rings. The van der Waals surface area contributed by atoms with Crippen molar-refractivity contribution in [1.29, 1.82) is 0 Å². The summed E-state index contributed by atoms with van der Waals surface area (Å²) in [5.74, 6) is 0.790. The number of nitrogens with one attached hydrogen (secondary N) is 1. The van der Waals surface area contributed by atoms with Gasteiger partial charge in [-0.2, -0.15) is 0 Å². The molecule has 1 aromatic rings. The zero-order valence-corrected chi connectivity index (χ0v) is 11.7. The zero-order valence-electron chi connectivity index (χ0n) is 11.7. The van der Waals surface area contributed by atoms with Crippen LogP contribution in [0.15, 0.2) is 18.2 Å². The van der Waals surface area contributed by atoms with E-state index in [1.54, 1.807) is 12.1 Å². The maximum Gasteiger partial charge on any atom is 0.311 e. The first-order valence-electron chi connectivity index (χ1n) is 6.20. The summed E-state index contributed by atoms with van der Waals surface area (Å²) in [6, 6.07) is 4.54. The van der Waals surface area contributed by atoms with Gasteiger partial charge in [-0.1, -0.05) is 0 Å². The summed E-state index contributed by atoms with van der Waals surface area (Å²) in [6.07, 6.45) is -0.165. The molecule has 6 nitrogen and oxygen atoms in total. The van der Waals surface area contributed by atoms with Gasteiger partial charge >= 0.3 is 5.69 Å². The van der Waals surface area contributed by atoms with Gasteiger partial charge in [-0.15, -0.1) is 0 Å². The standard InChI is InChI=1S/C13H20N2O4/c1-9(2)18-13-7-11(19-10(3)8-14-4)5-6-12(13)15(16)17/h5-7,9-10,14H,8H2,1-4H3. The minimum atomic E-state index is -0.460. The number of benzene rings is 1. The SMILES string of the molecule is CNCC(C)Oc1ccc([N+](=O)[O-])c(OC(C)C)c1. The molecule has 0 aromatic heterocycles. The molecule has 1 rings (SSSR count). The number of rotatable bonds is 7. The summed E-state index contributed by atoms with van der Waals surface area (Å²) in [7, 11) is 1.84. The van der Waals surface area contributed by atoms with E-state index < -0.39 is 4.92 Å². The molecule has 19 heavy (non-hydrogen) atoms. The molecule has 0 amide bonds. The fourth-order valence-corrected chi connectivity index (χ4v) is 1.63. The Kier molecular flexibility index (Phi) is 5.57. The van der Waals surface area contributed by atoms with E-state index in [0.29, 0.717) is 12.3 Å². The van der Waals surface area contributed by atoms with Crippen molar-refractivity contribution in [3.05, 3.63) is 28.3 Å². The largest absolute Gasteiger partial charge is 0.489 e. The second-order valence-electron chi connectivity index (χ2n) is 4.54. The Morgan fingerprint density at radius 2 is 2.00 bits per heavy atom. The molecule has 1 aromatic carbocycles. The van der Waals surface area contributed by atoms with Crippen LogP contribution in [-0.2, 0) is 0 Å². The van der Waals surface area contributed by atoms with Gasteiger partial charge in [0.2, 0.25) is 5.75 Å². The van der Waals surface area contributed by atoms with E-state index in [4.69, 9.17) is 9.47 Å². The zero-order chi connectivity index (χ0) is 14.4. The van der Waals surface area contributed by atoms with Gasteiger partial charge in [-0.05, 0) is 33.9 Å². The number of hydrogen-bond acceptors (Lipinski definition) is 5. The monoisotopic (exact) mass is 268 g/mol. The van der Waals surface area contributed by atoms with Gasteiger partial charge in [0.05, 0.1) is 11.0 Å². The third-order valence-corrected chi connectivity index (χ3v) is 2.32. The number of hydrogen-bond donors (Lipinski definition) is 1. The van der Waals surface area contributed by atoms with Crippen LogP contribution in [0, 0.1) is 10.1 Å². The van der Waals surface area contributed by atoms with E-state index in [1.165, 1.54) is 6.07 Å². The van der Waals surface area contributed by atoms with Crippen LogP contribution in [0.25, 0.3) is 0 Å². The van der Waals surface area contributed by atoms with Crippen molar-refractivity contribution in [2.45, 2.75) is 33.0 Å². The smallest absolute Gasteiger partial charge is 0.311 e. The topological polar surface area (TPSA) is 73.6 Å². The summed E-state index contributed by atoms with van der Waals surface area (Å²) in [4.78, 5) is 10.5. The first-order chi connectivity index (χ1) is 8.93. The fraction of sp³-hybridized carbons (Fsp3) is 0.538. The highest BCUT2D eigenvalue weighted by Crippen LogP contribution is 2.32. The summed E-state index contributed by atoms with van der Waals surface area (Å²) < 4.78 is 11.1. The molecule has 0 saturated carbocycles. The molecule has 0 heterocycles. The molecule has 0 aliphatic heterocycles. The number of ether oxygens (including phenoxy) is 2. The minimum absolute atomic E-state index is 0.0293. The summed E-state index contributed by atoms with van der Waals surface area (Å²) in [6.45, 7) is 6.25. The van der Waals surface area contributed by atoms with Gasteiger partial charge in [0.15, 0.2) is 0 Å². The number of nitro groups is 1. The Hall–Kier alpha value is -1.82. The maximum absolute atomic E-state index is 10.9. The Morgan fingerprint density at radius 1 is 1.32 bits per heavy atom. The molecule has 106 valence electrons. The van der Waals surface area contributed by atoms with Gasteiger partial charge in [0.25, 0.3) is 0 Å². The second kappa shape index (κ2) is 6.94. The predicted octanol–water partition coefficient (Wildman–Crippen LogP) is 2.37. The normalized spacial score (nSPS) is 12.3. The van der Waals surface area contributed by atoms with Crippen LogP contribution in [0.1, 0.15) is 20.8 Å². The van der Waals surface area contributed by atoms with Crippen molar-refractivity contribution in [3.63, 3.8) is 0 Å². The first-order valence-corrected chi connectivity index (χ1v) is 6.20. The van der Waals surface area contributed by atoms with E-state index in [1.807, 2.05) is 27.8 Å². The summed E-state index contributed by atoms with van der Waals surface area (Å²) in [5, 5.41) is 13.9. The van der Waals surface area contributed by atoms with Crippen LogP contribution in [0.5, 0.6) is 11.5 Å². The van der Waals surface area contributed by atoms with Crippen molar-refractivity contribution in [3.8, 4) is 11.5 Å². The molecule has 0 saturated heterocycles. The molecule has 0 radical (unpaired) electrons. The average Bonchev–Trinajstić information content (AvgIpc) is 2.28. The Bertz CT molecular complexity index is 435. The summed E-state index contributed by atoms with van der Waals surface area (Å²) in [5.41, 5.74) is -0.0534. The third kappa shape index (κ3) is 4.75. The van der Waals surface area contributed by atoms with Gasteiger partial charge < -0.3 is 14.8 Å². The summed E-state index contributed by atoms with van der Waals surface area (Å²) >= 11 is 0. The highest BCUT2D eigenvalue weighted by Gasteiger charge is 2.17. The highest BCUT2D eigenvalue weighted by atomic mass is 16.6. The predicted molar refractivity (Wildman–Crippen MR) is 72.9 cm³/mol. The lowest BCUT2D eigenvalue weighted by atomic mass is 10.2. The average molecular weight is 268 g/mol. The number of nitro benzene ring substituents is 1. The van der Waals surface area contributed by atoms with Gasteiger partial charge in [0, 0.05) is 18.7 Å². The fourth-order valence-electron chi connectivity index (χ4n) is 1.63. The van der Waals surface area contributed by atoms with Crippen LogP contribution >= 0.6 is 0 Å². The molecule has 0 bridgehead atoms. The van der Waals surface area contributed by atoms with Crippen LogP contribution in [-0.4, -0.2) is 30.7 Å². The van der Waals surface area contributed by atoms with Gasteiger partial charge in [-0.25, -0.2) is 0 Å². The van der Waals surface area contributed by atoms with Crippen molar-refractivity contribution >= 4 is 5.69 Å². The first kappa shape index (κ1) is 15.2. The number of likely N-dealkylation sites (N-methyl/N-ethyl adjacent to an activating group) is 1. The third-order valence-electron chi connectivity index (χ3n) is 2.32. The van der Waals surface area contributed by atoms with E-state index in [2.05, 4.69) is 5.32 Å². The van der Waals surface area contributed by atoms with Crippen LogP contribution < -0.4 is 14.8 Å². The molecular formula is C13H20N2O4. The lowest BCUT2D eigenvalue weighted by Crippen LogP contribution is -2.26. The van der Waals surface area contributed by atoms with Gasteiger partial charge in [-0.3, -0.25) is 10.1 Å². The maximum atomic E-state index is 10.9. The molecular weight excluding hydrogens is 248 g/mol. The molecule has 6 heteroatoms. The Labute approximate surface area is 112 Å². The van der Waals surface area contributed by atoms with Crippen molar-refractivity contribution < 1.29 is 14.4 Å². The lowest BCUT2D eigenvalue weighted by molar-refractivity contribution is -0.386. The van der Waals surface area contributed by atoms with E-state index in [-0.39, 0.29) is 23.6 Å². The Balaban J connectivity index is 2.94. The minimum Gasteiger partial charge on any atom is -0.489 e. The van der Waals surface area contributed by atoms with E-state index in [0.717, 1.165) is 0 Å². The lowest BCUT2D eigenvalue weighted by Gasteiger charge is -2.16. The van der Waals surface area contributed by atoms with E-state index >= 15 is 0 Å². The van der Waals surface area contributed by atoms with Crippen LogP contribution in [0.4, 0.5) is 5.69 Å². The highest BCUT2D eigenvalue weighted by molar-refractivity contribution is 5.50. The quantitative estimate of drug-likeness (QED) is 0.607. The van der Waals surface area contributed by atoms with E-state index in [9.17, 15) is 10.1 Å². The Morgan fingerprint density at radius 3 is 2.53 bits per heavy atom. The molecule has 0 aliphatic carbocycles. The second-order valence-corrected chi connectivity index (χ2v) is 4.54. The molecule has 0 spiro atoms.